The van der Waals surface area contributed by atoms with Crippen LogP contribution in [0, 0.1) is 5.41 Å². The van der Waals surface area contributed by atoms with Crippen LogP contribution in [-0.4, -0.2) is 31.8 Å². The fraction of sp³-hybridized carbons (Fsp3) is 0.909. The van der Waals surface area contributed by atoms with Gasteiger partial charge in [0.25, 0.3) is 0 Å². The zero-order valence-electron chi connectivity index (χ0n) is 9.93. The number of nitrogens with one attached hydrogen (secondary N) is 2. The van der Waals surface area contributed by atoms with Crippen molar-refractivity contribution < 1.29 is 9.53 Å². The summed E-state index contributed by atoms with van der Waals surface area (Å²) >= 11 is 0. The summed E-state index contributed by atoms with van der Waals surface area (Å²) in [6, 6.07) is 0.120. The minimum atomic E-state index is -0.0743. The van der Waals surface area contributed by atoms with E-state index >= 15 is 0 Å². The molecule has 2 amide bonds. The minimum absolute atomic E-state index is 0.0743. The van der Waals surface area contributed by atoms with E-state index in [1.165, 1.54) is 0 Å². The van der Waals surface area contributed by atoms with Crippen LogP contribution < -0.4 is 10.6 Å². The maximum Gasteiger partial charge on any atom is 0.315 e. The molecule has 88 valence electrons. The summed E-state index contributed by atoms with van der Waals surface area (Å²) in [6.07, 6.45) is 1.91. The molecular weight excluding hydrogens is 192 g/mol. The molecule has 0 aromatic carbocycles. The molecule has 0 aliphatic carbocycles. The summed E-state index contributed by atoms with van der Waals surface area (Å²) < 4.78 is 5.17. The summed E-state index contributed by atoms with van der Waals surface area (Å²) in [7, 11) is 0. The van der Waals surface area contributed by atoms with Gasteiger partial charge in [0.2, 0.25) is 0 Å². The summed E-state index contributed by atoms with van der Waals surface area (Å²) in [5.41, 5.74) is 0.268. The van der Waals surface area contributed by atoms with E-state index < -0.39 is 0 Å². The van der Waals surface area contributed by atoms with Crippen LogP contribution >= 0.6 is 0 Å². The van der Waals surface area contributed by atoms with Crippen molar-refractivity contribution in [1.29, 1.82) is 0 Å². The van der Waals surface area contributed by atoms with Gasteiger partial charge in [-0.15, -0.1) is 0 Å². The highest BCUT2D eigenvalue weighted by molar-refractivity contribution is 5.74. The molecule has 1 rings (SSSR count). The molecule has 0 bridgehead atoms. The Labute approximate surface area is 91.8 Å². The van der Waals surface area contributed by atoms with Crippen LogP contribution in [0.2, 0.25) is 0 Å². The second-order valence-electron chi connectivity index (χ2n) is 5.27. The Balaban J connectivity index is 2.08. The van der Waals surface area contributed by atoms with Crippen LogP contribution in [-0.2, 0) is 4.74 Å². The molecule has 1 atom stereocenters. The number of rotatable bonds is 3. The number of hydrogen-bond acceptors (Lipinski definition) is 2. The predicted molar refractivity (Wildman–Crippen MR) is 59.8 cm³/mol. The topological polar surface area (TPSA) is 50.4 Å². The van der Waals surface area contributed by atoms with Crippen molar-refractivity contribution in [3.05, 3.63) is 0 Å². The summed E-state index contributed by atoms with van der Waals surface area (Å²) in [4.78, 5) is 11.4. The Bertz CT molecular complexity index is 205. The summed E-state index contributed by atoms with van der Waals surface area (Å²) in [6.45, 7) is 8.62. The quantitative estimate of drug-likeness (QED) is 0.748. The molecule has 4 nitrogen and oxygen atoms in total. The molecule has 1 saturated heterocycles. The fourth-order valence-corrected chi connectivity index (χ4v) is 1.44. The average Bonchev–Trinajstić information content (AvgIpc) is 2.54. The van der Waals surface area contributed by atoms with E-state index in [1.54, 1.807) is 0 Å². The zero-order chi connectivity index (χ0) is 11.3. The summed E-state index contributed by atoms with van der Waals surface area (Å²) in [5.74, 6) is 0. The van der Waals surface area contributed by atoms with Gasteiger partial charge >= 0.3 is 6.03 Å². The van der Waals surface area contributed by atoms with Crippen molar-refractivity contribution in [3.63, 3.8) is 0 Å². The lowest BCUT2D eigenvalue weighted by molar-refractivity contribution is 0.188. The SMILES string of the molecule is CC(C)(C)CCNC(=O)NC1CCOC1. The van der Waals surface area contributed by atoms with Gasteiger partial charge in [-0.3, -0.25) is 0 Å². The van der Waals surface area contributed by atoms with E-state index in [2.05, 4.69) is 31.4 Å². The van der Waals surface area contributed by atoms with Gasteiger partial charge in [-0.1, -0.05) is 20.8 Å². The monoisotopic (exact) mass is 214 g/mol. The predicted octanol–water partition coefficient (Wildman–Crippen LogP) is 1.51. The fourth-order valence-electron chi connectivity index (χ4n) is 1.44. The molecule has 0 saturated carbocycles. The first kappa shape index (κ1) is 12.3. The minimum Gasteiger partial charge on any atom is -0.379 e. The maximum absolute atomic E-state index is 11.4. The van der Waals surface area contributed by atoms with Crippen molar-refractivity contribution in [2.75, 3.05) is 19.8 Å². The van der Waals surface area contributed by atoms with Crippen molar-refractivity contribution >= 4 is 6.03 Å². The summed E-state index contributed by atoms with van der Waals surface area (Å²) in [5, 5.41) is 5.75. The van der Waals surface area contributed by atoms with Gasteiger partial charge in [0.1, 0.15) is 0 Å². The van der Waals surface area contributed by atoms with E-state index in [9.17, 15) is 4.79 Å². The van der Waals surface area contributed by atoms with Crippen LogP contribution in [0.1, 0.15) is 33.6 Å². The van der Waals surface area contributed by atoms with Crippen LogP contribution in [0.3, 0.4) is 0 Å². The van der Waals surface area contributed by atoms with Crippen LogP contribution in [0.25, 0.3) is 0 Å². The van der Waals surface area contributed by atoms with Gasteiger partial charge in [0.15, 0.2) is 0 Å². The average molecular weight is 214 g/mol. The van der Waals surface area contributed by atoms with Gasteiger partial charge in [0, 0.05) is 13.2 Å². The van der Waals surface area contributed by atoms with Crippen LogP contribution in [0.15, 0.2) is 0 Å². The maximum atomic E-state index is 11.4. The van der Waals surface area contributed by atoms with E-state index in [0.717, 1.165) is 26.0 Å². The molecule has 0 aromatic heterocycles. The van der Waals surface area contributed by atoms with Crippen LogP contribution in [0.5, 0.6) is 0 Å². The van der Waals surface area contributed by atoms with Gasteiger partial charge in [-0.05, 0) is 18.3 Å². The molecular formula is C11H22N2O2. The lowest BCUT2D eigenvalue weighted by Crippen LogP contribution is -2.43. The number of hydrogen-bond donors (Lipinski definition) is 2. The second-order valence-corrected chi connectivity index (χ2v) is 5.27. The lowest BCUT2D eigenvalue weighted by atomic mass is 9.92. The standard InChI is InChI=1S/C11H22N2O2/c1-11(2,3)5-6-12-10(14)13-9-4-7-15-8-9/h9H,4-8H2,1-3H3,(H2,12,13,14). The number of carbonyl (C=O) groups excluding carboxylic acids is 1. The zero-order valence-corrected chi connectivity index (χ0v) is 9.93. The Morgan fingerprint density at radius 2 is 2.20 bits per heavy atom. The first-order valence-corrected chi connectivity index (χ1v) is 5.59. The largest absolute Gasteiger partial charge is 0.379 e. The molecule has 15 heavy (non-hydrogen) atoms. The van der Waals surface area contributed by atoms with Crippen molar-refractivity contribution in [2.24, 2.45) is 5.41 Å². The molecule has 0 aromatic rings. The number of ether oxygens (including phenoxy) is 1. The molecule has 1 heterocycles. The number of urea groups is 1. The van der Waals surface area contributed by atoms with Gasteiger partial charge in [-0.25, -0.2) is 4.79 Å². The third kappa shape index (κ3) is 5.62. The highest BCUT2D eigenvalue weighted by Crippen LogP contribution is 2.16. The van der Waals surface area contributed by atoms with E-state index in [0.29, 0.717) is 6.61 Å². The van der Waals surface area contributed by atoms with Crippen molar-refractivity contribution in [2.45, 2.75) is 39.7 Å². The number of carbonyl (C=O) groups is 1. The highest BCUT2D eigenvalue weighted by Gasteiger charge is 2.17. The Morgan fingerprint density at radius 3 is 2.73 bits per heavy atom. The van der Waals surface area contributed by atoms with E-state index in [-0.39, 0.29) is 17.5 Å². The van der Waals surface area contributed by atoms with Crippen molar-refractivity contribution in [3.8, 4) is 0 Å². The van der Waals surface area contributed by atoms with Crippen LogP contribution in [0.4, 0.5) is 4.79 Å². The van der Waals surface area contributed by atoms with Gasteiger partial charge < -0.3 is 15.4 Å². The molecule has 0 spiro atoms. The first-order chi connectivity index (χ1) is 6.97. The Morgan fingerprint density at radius 1 is 1.47 bits per heavy atom. The Hall–Kier alpha value is -0.770. The third-order valence-corrected chi connectivity index (χ3v) is 2.43. The molecule has 1 unspecified atom stereocenters. The molecule has 1 aliphatic rings. The Kier molecular flexibility index (Phi) is 4.39. The molecule has 4 heteroatoms. The third-order valence-electron chi connectivity index (χ3n) is 2.43. The second kappa shape index (κ2) is 5.35. The molecule has 0 radical (unpaired) electrons. The van der Waals surface area contributed by atoms with E-state index in [4.69, 9.17) is 4.74 Å². The van der Waals surface area contributed by atoms with Crippen molar-refractivity contribution in [1.82, 2.24) is 10.6 Å². The lowest BCUT2D eigenvalue weighted by Gasteiger charge is -2.18. The molecule has 2 N–H and O–H groups in total. The van der Waals surface area contributed by atoms with E-state index in [1.807, 2.05) is 0 Å². The molecule has 1 fully saturated rings. The normalized spacial score (nSPS) is 21.4. The number of amides is 2. The molecule has 1 aliphatic heterocycles. The first-order valence-electron chi connectivity index (χ1n) is 5.59. The smallest absolute Gasteiger partial charge is 0.315 e. The van der Waals surface area contributed by atoms with Gasteiger partial charge in [-0.2, -0.15) is 0 Å². The highest BCUT2D eigenvalue weighted by atomic mass is 16.5. The van der Waals surface area contributed by atoms with Gasteiger partial charge in [0.05, 0.1) is 12.6 Å².